The zero-order valence-electron chi connectivity index (χ0n) is 16.8. The van der Waals surface area contributed by atoms with Crippen LogP contribution in [-0.4, -0.2) is 59.9 Å². The second-order valence-corrected chi connectivity index (χ2v) is 8.28. The predicted octanol–water partition coefficient (Wildman–Crippen LogP) is 3.81. The molecule has 0 saturated carbocycles. The third-order valence-electron chi connectivity index (χ3n) is 5.85. The van der Waals surface area contributed by atoms with E-state index in [0.29, 0.717) is 18.7 Å². The number of anilines is 1. The number of nitro benzene ring substituents is 1. The number of nitro groups is 1. The van der Waals surface area contributed by atoms with E-state index in [4.69, 9.17) is 11.6 Å². The Balaban J connectivity index is 1.46. The van der Waals surface area contributed by atoms with Gasteiger partial charge in [-0.3, -0.25) is 19.8 Å². The van der Waals surface area contributed by atoms with Crippen LogP contribution in [0.4, 0.5) is 11.4 Å². The highest BCUT2D eigenvalue weighted by Crippen LogP contribution is 2.29. The van der Waals surface area contributed by atoms with Gasteiger partial charge in [0, 0.05) is 63.0 Å². The van der Waals surface area contributed by atoms with Crippen molar-refractivity contribution in [3.63, 3.8) is 0 Å². The van der Waals surface area contributed by atoms with E-state index in [2.05, 4.69) is 9.80 Å². The van der Waals surface area contributed by atoms with Crippen LogP contribution < -0.4 is 4.90 Å². The lowest BCUT2D eigenvalue weighted by atomic mass is 10.1. The van der Waals surface area contributed by atoms with Gasteiger partial charge in [0.05, 0.1) is 16.2 Å². The number of carbonyl (C=O) groups excluding carboxylic acids is 1. The van der Waals surface area contributed by atoms with Gasteiger partial charge in [-0.2, -0.15) is 0 Å². The van der Waals surface area contributed by atoms with Crippen LogP contribution in [0.3, 0.4) is 0 Å². The topological polar surface area (TPSA) is 69.9 Å². The van der Waals surface area contributed by atoms with Crippen LogP contribution in [0.25, 0.3) is 0 Å². The Bertz CT molecular complexity index is 920. The molecule has 30 heavy (non-hydrogen) atoms. The number of nitrogens with zero attached hydrogens (tertiary/aromatic N) is 4. The molecule has 2 aromatic carbocycles. The van der Waals surface area contributed by atoms with E-state index in [-0.39, 0.29) is 11.6 Å². The van der Waals surface area contributed by atoms with Gasteiger partial charge in [0.15, 0.2) is 0 Å². The number of benzene rings is 2. The second kappa shape index (κ2) is 9.02. The Kier molecular flexibility index (Phi) is 6.20. The maximum absolute atomic E-state index is 13.3. The fourth-order valence-electron chi connectivity index (χ4n) is 4.17. The summed E-state index contributed by atoms with van der Waals surface area (Å²) in [5.41, 5.74) is 2.40. The lowest BCUT2D eigenvalue weighted by Crippen LogP contribution is -2.48. The Hall–Kier alpha value is -2.64. The summed E-state index contributed by atoms with van der Waals surface area (Å²) in [5.74, 6) is -0.119. The van der Waals surface area contributed by atoms with Gasteiger partial charge in [-0.1, -0.05) is 23.7 Å². The molecule has 2 aliphatic heterocycles. The summed E-state index contributed by atoms with van der Waals surface area (Å²) >= 11 is 5.95. The summed E-state index contributed by atoms with van der Waals surface area (Å²) in [5, 5.41) is 12.0. The molecule has 0 unspecified atom stereocenters. The highest BCUT2D eigenvalue weighted by Gasteiger charge is 2.28. The maximum atomic E-state index is 13.3. The maximum Gasteiger partial charge on any atom is 0.270 e. The number of rotatable bonds is 5. The zero-order chi connectivity index (χ0) is 21.1. The minimum atomic E-state index is -0.436. The minimum absolute atomic E-state index is 0.0392. The van der Waals surface area contributed by atoms with Gasteiger partial charge < -0.3 is 9.80 Å². The molecule has 2 aliphatic rings. The summed E-state index contributed by atoms with van der Waals surface area (Å²) < 4.78 is 0. The molecular weight excluding hydrogens is 404 g/mol. The Labute approximate surface area is 181 Å². The van der Waals surface area contributed by atoms with Gasteiger partial charge in [-0.05, 0) is 36.6 Å². The molecule has 2 saturated heterocycles. The molecule has 4 rings (SSSR count). The Morgan fingerprint density at radius 1 is 0.967 bits per heavy atom. The smallest absolute Gasteiger partial charge is 0.270 e. The fourth-order valence-corrected chi connectivity index (χ4v) is 4.30. The zero-order valence-corrected chi connectivity index (χ0v) is 17.6. The molecule has 0 N–H and O–H groups in total. The van der Waals surface area contributed by atoms with Gasteiger partial charge in [0.2, 0.25) is 0 Å². The van der Waals surface area contributed by atoms with Crippen molar-refractivity contribution in [3.8, 4) is 0 Å². The van der Waals surface area contributed by atoms with Crippen molar-refractivity contribution in [2.24, 2.45) is 0 Å². The summed E-state index contributed by atoms with van der Waals surface area (Å²) in [4.78, 5) is 30.4. The van der Waals surface area contributed by atoms with Crippen molar-refractivity contribution in [3.05, 3.63) is 68.7 Å². The molecule has 1 amide bonds. The first-order valence-corrected chi connectivity index (χ1v) is 10.7. The second-order valence-electron chi connectivity index (χ2n) is 7.85. The standard InChI is InChI=1S/C22H25ClN4O3/c23-18-5-3-17(4-6-18)16-24-11-13-26(14-12-24)22(28)20-15-19(27(29)30)7-8-21(20)25-9-1-2-10-25/h3-8,15H,1-2,9-14,16H2. The SMILES string of the molecule is O=C(c1cc([N+](=O)[O-])ccc1N1CCCC1)N1CCN(Cc2ccc(Cl)cc2)CC1. The number of hydrogen-bond donors (Lipinski definition) is 0. The fraction of sp³-hybridized carbons (Fsp3) is 0.409. The third kappa shape index (κ3) is 4.57. The van der Waals surface area contributed by atoms with Gasteiger partial charge in [0.1, 0.15) is 0 Å². The summed E-state index contributed by atoms with van der Waals surface area (Å²) in [6, 6.07) is 12.5. The summed E-state index contributed by atoms with van der Waals surface area (Å²) in [6.07, 6.45) is 2.15. The van der Waals surface area contributed by atoms with E-state index >= 15 is 0 Å². The largest absolute Gasteiger partial charge is 0.371 e. The first kappa shape index (κ1) is 20.6. The first-order chi connectivity index (χ1) is 14.5. The van der Waals surface area contributed by atoms with Crippen molar-refractivity contribution >= 4 is 28.9 Å². The quantitative estimate of drug-likeness (QED) is 0.535. The monoisotopic (exact) mass is 428 g/mol. The number of piperazine rings is 1. The summed E-state index contributed by atoms with van der Waals surface area (Å²) in [6.45, 7) is 5.32. The van der Waals surface area contributed by atoms with Crippen LogP contribution in [0.15, 0.2) is 42.5 Å². The molecule has 0 atom stereocenters. The molecule has 0 spiro atoms. The molecule has 158 valence electrons. The number of amides is 1. The van der Waals surface area contributed by atoms with E-state index in [1.807, 2.05) is 29.2 Å². The lowest BCUT2D eigenvalue weighted by molar-refractivity contribution is -0.384. The Morgan fingerprint density at radius 2 is 1.63 bits per heavy atom. The number of hydrogen-bond acceptors (Lipinski definition) is 5. The molecular formula is C22H25ClN4O3. The van der Waals surface area contributed by atoms with Crippen LogP contribution in [0.5, 0.6) is 0 Å². The van der Waals surface area contributed by atoms with Crippen LogP contribution >= 0.6 is 11.6 Å². The van der Waals surface area contributed by atoms with Crippen molar-refractivity contribution in [1.82, 2.24) is 9.80 Å². The molecule has 8 heteroatoms. The van der Waals surface area contributed by atoms with E-state index in [1.165, 1.54) is 17.7 Å². The van der Waals surface area contributed by atoms with Gasteiger partial charge in [0.25, 0.3) is 11.6 Å². The highest BCUT2D eigenvalue weighted by molar-refractivity contribution is 6.30. The average Bonchev–Trinajstić information content (AvgIpc) is 3.30. The van der Waals surface area contributed by atoms with Gasteiger partial charge in [-0.25, -0.2) is 0 Å². The Morgan fingerprint density at radius 3 is 2.27 bits per heavy atom. The molecule has 2 fully saturated rings. The first-order valence-electron chi connectivity index (χ1n) is 10.3. The summed E-state index contributed by atoms with van der Waals surface area (Å²) in [7, 11) is 0. The average molecular weight is 429 g/mol. The highest BCUT2D eigenvalue weighted by atomic mass is 35.5. The van der Waals surface area contributed by atoms with Crippen LogP contribution in [0.2, 0.25) is 5.02 Å². The molecule has 0 bridgehead atoms. The van der Waals surface area contributed by atoms with Crippen LogP contribution in [0.1, 0.15) is 28.8 Å². The van der Waals surface area contributed by atoms with Crippen LogP contribution in [-0.2, 0) is 6.54 Å². The van der Waals surface area contributed by atoms with Crippen molar-refractivity contribution < 1.29 is 9.72 Å². The number of carbonyl (C=O) groups is 1. The van der Waals surface area contributed by atoms with Crippen molar-refractivity contribution in [2.75, 3.05) is 44.2 Å². The number of non-ortho nitro benzene ring substituents is 1. The van der Waals surface area contributed by atoms with E-state index in [0.717, 1.165) is 56.3 Å². The molecule has 7 nitrogen and oxygen atoms in total. The van der Waals surface area contributed by atoms with E-state index < -0.39 is 4.92 Å². The normalized spacial score (nSPS) is 17.4. The molecule has 0 radical (unpaired) electrons. The molecule has 2 heterocycles. The molecule has 2 aromatic rings. The van der Waals surface area contributed by atoms with Crippen molar-refractivity contribution in [1.29, 1.82) is 0 Å². The lowest BCUT2D eigenvalue weighted by Gasteiger charge is -2.35. The van der Waals surface area contributed by atoms with Gasteiger partial charge in [-0.15, -0.1) is 0 Å². The number of halogens is 1. The van der Waals surface area contributed by atoms with E-state index in [9.17, 15) is 14.9 Å². The minimum Gasteiger partial charge on any atom is -0.371 e. The predicted molar refractivity (Wildman–Crippen MR) is 117 cm³/mol. The van der Waals surface area contributed by atoms with E-state index in [1.54, 1.807) is 6.07 Å². The van der Waals surface area contributed by atoms with Crippen LogP contribution in [0, 0.1) is 10.1 Å². The molecule has 0 aliphatic carbocycles. The van der Waals surface area contributed by atoms with Crippen molar-refractivity contribution in [2.45, 2.75) is 19.4 Å². The van der Waals surface area contributed by atoms with Gasteiger partial charge >= 0.3 is 0 Å². The molecule has 0 aromatic heterocycles. The third-order valence-corrected chi connectivity index (χ3v) is 6.10.